The summed E-state index contributed by atoms with van der Waals surface area (Å²) in [4.78, 5) is 12.9. The van der Waals surface area contributed by atoms with Gasteiger partial charge in [0.25, 0.3) is 10.0 Å². The van der Waals surface area contributed by atoms with E-state index >= 15 is 0 Å². The molecule has 0 spiro atoms. The van der Waals surface area contributed by atoms with Crippen LogP contribution in [0.25, 0.3) is 0 Å². The zero-order valence-corrected chi connectivity index (χ0v) is 10.8. The Labute approximate surface area is 110 Å². The lowest BCUT2D eigenvalue weighted by Crippen LogP contribution is -2.29. The Morgan fingerprint density at radius 1 is 1.37 bits per heavy atom. The number of benzene rings is 1. The normalized spacial score (nSPS) is 24.1. The molecule has 1 fully saturated rings. The van der Waals surface area contributed by atoms with Crippen LogP contribution < -0.4 is 0 Å². The van der Waals surface area contributed by atoms with Crippen molar-refractivity contribution in [3.63, 3.8) is 0 Å². The molecule has 0 bridgehead atoms. The summed E-state index contributed by atoms with van der Waals surface area (Å²) in [5, 5.41) is 8.99. The molecule has 2 heterocycles. The van der Waals surface area contributed by atoms with Crippen LogP contribution >= 0.6 is 0 Å². The van der Waals surface area contributed by atoms with Crippen LogP contribution in [0.5, 0.6) is 0 Å². The van der Waals surface area contributed by atoms with Gasteiger partial charge in [-0.25, -0.2) is 0 Å². The van der Waals surface area contributed by atoms with Crippen LogP contribution in [0.3, 0.4) is 0 Å². The maximum Gasteiger partial charge on any atom is 0.308 e. The largest absolute Gasteiger partial charge is 0.481 e. The van der Waals surface area contributed by atoms with Crippen LogP contribution in [0, 0.1) is 5.92 Å². The zero-order chi connectivity index (χ0) is 13.6. The fourth-order valence-electron chi connectivity index (χ4n) is 2.47. The van der Waals surface area contributed by atoms with Crippen molar-refractivity contribution in [2.75, 3.05) is 13.1 Å². The lowest BCUT2D eigenvalue weighted by molar-refractivity contribution is -0.141. The molecule has 0 radical (unpaired) electrons. The third kappa shape index (κ3) is 1.90. The summed E-state index contributed by atoms with van der Waals surface area (Å²) in [6.07, 6.45) is 0.510. The van der Waals surface area contributed by atoms with Crippen LogP contribution in [0.15, 0.2) is 33.6 Å². The molecular weight excluding hydrogens is 268 g/mol. The lowest BCUT2D eigenvalue weighted by atomic mass is 10.1. The molecule has 6 nitrogen and oxygen atoms in total. The van der Waals surface area contributed by atoms with Crippen LogP contribution in [-0.4, -0.2) is 43.3 Å². The smallest absolute Gasteiger partial charge is 0.308 e. The number of amidine groups is 1. The molecular formula is C12H12N2O4S. The number of aliphatic carboxylic acids is 1. The molecule has 0 aliphatic carbocycles. The lowest BCUT2D eigenvalue weighted by Gasteiger charge is -2.17. The average molecular weight is 280 g/mol. The highest BCUT2D eigenvalue weighted by Gasteiger charge is 2.36. The van der Waals surface area contributed by atoms with Gasteiger partial charge in [-0.3, -0.25) is 4.79 Å². The Hall–Kier alpha value is -1.89. The SMILES string of the molecule is O=C(O)[C@@H]1CCN(C2=NS(=O)(=O)c3ccccc32)C1. The van der Waals surface area contributed by atoms with Gasteiger partial charge < -0.3 is 10.0 Å². The van der Waals surface area contributed by atoms with Gasteiger partial charge in [0.15, 0.2) is 5.84 Å². The van der Waals surface area contributed by atoms with Gasteiger partial charge in [-0.2, -0.15) is 8.42 Å². The van der Waals surface area contributed by atoms with Crippen LogP contribution in [0.4, 0.5) is 0 Å². The topological polar surface area (TPSA) is 87.0 Å². The maximum absolute atomic E-state index is 11.9. The summed E-state index contributed by atoms with van der Waals surface area (Å²) in [7, 11) is -3.63. The summed E-state index contributed by atoms with van der Waals surface area (Å²) in [6.45, 7) is 0.817. The second kappa shape index (κ2) is 4.06. The monoisotopic (exact) mass is 280 g/mol. The fourth-order valence-corrected chi connectivity index (χ4v) is 3.70. The number of carboxylic acid groups (broad SMARTS) is 1. The molecule has 1 aromatic rings. The van der Waals surface area contributed by atoms with Crippen molar-refractivity contribution in [3.8, 4) is 0 Å². The molecule has 19 heavy (non-hydrogen) atoms. The van der Waals surface area contributed by atoms with Crippen LogP contribution in [0.2, 0.25) is 0 Å². The van der Waals surface area contributed by atoms with Crippen molar-refractivity contribution in [1.29, 1.82) is 0 Å². The summed E-state index contributed by atoms with van der Waals surface area (Å²) in [5.74, 6) is -0.935. The summed E-state index contributed by atoms with van der Waals surface area (Å²) in [5.41, 5.74) is 0.563. The third-order valence-corrected chi connectivity index (χ3v) is 4.77. The van der Waals surface area contributed by atoms with E-state index in [4.69, 9.17) is 5.11 Å². The van der Waals surface area contributed by atoms with Crippen molar-refractivity contribution in [1.82, 2.24) is 4.90 Å². The van der Waals surface area contributed by atoms with E-state index in [9.17, 15) is 13.2 Å². The number of carbonyl (C=O) groups is 1. The van der Waals surface area contributed by atoms with E-state index in [2.05, 4.69) is 4.40 Å². The number of hydrogen-bond donors (Lipinski definition) is 1. The van der Waals surface area contributed by atoms with Crippen molar-refractivity contribution in [2.45, 2.75) is 11.3 Å². The van der Waals surface area contributed by atoms with Gasteiger partial charge in [-0.05, 0) is 18.6 Å². The molecule has 0 saturated carbocycles. The van der Waals surface area contributed by atoms with Crippen molar-refractivity contribution in [2.24, 2.45) is 10.3 Å². The van der Waals surface area contributed by atoms with E-state index < -0.39 is 21.9 Å². The van der Waals surface area contributed by atoms with E-state index in [1.54, 1.807) is 23.1 Å². The maximum atomic E-state index is 11.9. The standard InChI is InChI=1S/C12H12N2O4S/c15-12(16)8-5-6-14(7-8)11-9-3-1-2-4-10(9)19(17,18)13-11/h1-4,8H,5-7H2,(H,15,16)/t8-/m1/s1. The van der Waals surface area contributed by atoms with Gasteiger partial charge >= 0.3 is 5.97 Å². The highest BCUT2D eigenvalue weighted by atomic mass is 32.2. The number of likely N-dealkylation sites (tertiary alicyclic amines) is 1. The number of nitrogens with zero attached hydrogens (tertiary/aromatic N) is 2. The molecule has 1 saturated heterocycles. The summed E-state index contributed by atoms with van der Waals surface area (Å²) in [6, 6.07) is 6.62. The van der Waals surface area contributed by atoms with E-state index in [0.29, 0.717) is 30.9 Å². The molecule has 0 unspecified atom stereocenters. The average Bonchev–Trinajstić information content (AvgIpc) is 2.94. The van der Waals surface area contributed by atoms with E-state index in [1.165, 1.54) is 6.07 Å². The number of hydrogen-bond acceptors (Lipinski definition) is 4. The van der Waals surface area contributed by atoms with Crippen molar-refractivity contribution < 1.29 is 18.3 Å². The third-order valence-electron chi connectivity index (χ3n) is 3.45. The first-order valence-corrected chi connectivity index (χ1v) is 7.35. The minimum Gasteiger partial charge on any atom is -0.481 e. The molecule has 7 heteroatoms. The molecule has 1 aromatic carbocycles. The number of rotatable bonds is 1. The first-order chi connectivity index (χ1) is 8.99. The van der Waals surface area contributed by atoms with Gasteiger partial charge in [0.05, 0.1) is 5.92 Å². The Bertz CT molecular complexity index is 681. The summed E-state index contributed by atoms with van der Waals surface area (Å²) < 4.78 is 27.6. The number of sulfonamides is 1. The van der Waals surface area contributed by atoms with Gasteiger partial charge in [-0.1, -0.05) is 12.1 Å². The predicted molar refractivity (Wildman–Crippen MR) is 67.5 cm³/mol. The van der Waals surface area contributed by atoms with Gasteiger partial charge in [-0.15, -0.1) is 4.40 Å². The van der Waals surface area contributed by atoms with Crippen LogP contribution in [0.1, 0.15) is 12.0 Å². The molecule has 3 rings (SSSR count). The van der Waals surface area contributed by atoms with E-state index in [0.717, 1.165) is 0 Å². The molecule has 1 atom stereocenters. The van der Waals surface area contributed by atoms with Crippen molar-refractivity contribution >= 4 is 21.8 Å². The van der Waals surface area contributed by atoms with E-state index in [-0.39, 0.29) is 4.90 Å². The quantitative estimate of drug-likeness (QED) is 0.811. The highest BCUT2D eigenvalue weighted by molar-refractivity contribution is 7.90. The Morgan fingerprint density at radius 2 is 2.11 bits per heavy atom. The minimum atomic E-state index is -3.63. The Morgan fingerprint density at radius 3 is 2.79 bits per heavy atom. The predicted octanol–water partition coefficient (Wildman–Crippen LogP) is 0.542. The van der Waals surface area contributed by atoms with Gasteiger partial charge in [0.2, 0.25) is 0 Å². The second-order valence-electron chi connectivity index (χ2n) is 4.66. The van der Waals surface area contributed by atoms with Gasteiger partial charge in [0.1, 0.15) is 4.90 Å². The highest BCUT2D eigenvalue weighted by Crippen LogP contribution is 2.29. The zero-order valence-electron chi connectivity index (χ0n) is 9.98. The Kier molecular flexibility index (Phi) is 2.60. The first kappa shape index (κ1) is 12.2. The minimum absolute atomic E-state index is 0.198. The number of carboxylic acids is 1. The van der Waals surface area contributed by atoms with Crippen LogP contribution in [-0.2, 0) is 14.8 Å². The first-order valence-electron chi connectivity index (χ1n) is 5.91. The fraction of sp³-hybridized carbons (Fsp3) is 0.333. The molecule has 2 aliphatic rings. The number of fused-ring (bicyclic) bond motifs is 1. The van der Waals surface area contributed by atoms with E-state index in [1.807, 2.05) is 0 Å². The molecule has 0 aromatic heterocycles. The summed E-state index contributed by atoms with van der Waals surface area (Å²) >= 11 is 0. The molecule has 2 aliphatic heterocycles. The van der Waals surface area contributed by atoms with Crippen molar-refractivity contribution in [3.05, 3.63) is 29.8 Å². The molecule has 100 valence electrons. The molecule has 0 amide bonds. The molecule has 1 N–H and O–H groups in total. The Balaban J connectivity index is 1.98. The second-order valence-corrected chi connectivity index (χ2v) is 6.23. The van der Waals surface area contributed by atoms with Gasteiger partial charge in [0, 0.05) is 18.7 Å².